The molecule has 0 spiro atoms. The highest BCUT2D eigenvalue weighted by Crippen LogP contribution is 2.34. The average molecular weight is 404 g/mol. The zero-order chi connectivity index (χ0) is 21.5. The van der Waals surface area contributed by atoms with Crippen molar-refractivity contribution < 1.29 is 9.13 Å². The van der Waals surface area contributed by atoms with E-state index in [9.17, 15) is 4.39 Å². The van der Waals surface area contributed by atoms with E-state index in [0.29, 0.717) is 23.6 Å². The number of allylic oxidation sites excluding steroid dienone is 3. The molecule has 0 aliphatic rings. The summed E-state index contributed by atoms with van der Waals surface area (Å²) >= 11 is 0. The number of hydrogen-bond acceptors (Lipinski definition) is 4. The Morgan fingerprint density at radius 1 is 1.17 bits per heavy atom. The van der Waals surface area contributed by atoms with Crippen LogP contribution < -0.4 is 10.1 Å². The number of hydrogen-bond donors (Lipinski definition) is 1. The molecule has 154 valence electrons. The first-order valence-corrected chi connectivity index (χ1v) is 9.87. The van der Waals surface area contributed by atoms with Gasteiger partial charge in [-0.3, -0.25) is 0 Å². The molecule has 1 aromatic heterocycles. The minimum Gasteiger partial charge on any atom is -0.494 e. The lowest BCUT2D eigenvalue weighted by Crippen LogP contribution is -2.06. The van der Waals surface area contributed by atoms with Crippen molar-refractivity contribution in [2.45, 2.75) is 20.3 Å². The molecule has 0 aliphatic carbocycles. The molecule has 0 unspecified atom stereocenters. The van der Waals surface area contributed by atoms with Gasteiger partial charge in [0.1, 0.15) is 29.2 Å². The summed E-state index contributed by atoms with van der Waals surface area (Å²) in [5.74, 6) is 0.993. The number of ether oxygens (including phenoxy) is 1. The lowest BCUT2D eigenvalue weighted by atomic mass is 10.0. The van der Waals surface area contributed by atoms with E-state index in [1.165, 1.54) is 24.0 Å². The summed E-state index contributed by atoms with van der Waals surface area (Å²) in [4.78, 5) is 8.78. The minimum atomic E-state index is -0.287. The Balaban J connectivity index is 1.92. The van der Waals surface area contributed by atoms with Gasteiger partial charge in [-0.1, -0.05) is 49.4 Å². The molecular weight excluding hydrogens is 377 g/mol. The second-order valence-corrected chi connectivity index (χ2v) is 7.01. The molecule has 0 amide bonds. The van der Waals surface area contributed by atoms with Gasteiger partial charge in [-0.15, -0.1) is 0 Å². The smallest absolute Gasteiger partial charge is 0.145 e. The second kappa shape index (κ2) is 9.83. The molecule has 0 aliphatic heterocycles. The second-order valence-electron chi connectivity index (χ2n) is 7.01. The number of rotatable bonds is 8. The van der Waals surface area contributed by atoms with Crippen LogP contribution in [0.25, 0.3) is 22.0 Å². The summed E-state index contributed by atoms with van der Waals surface area (Å²) in [5, 5.41) is 4.13. The first kappa shape index (κ1) is 21.2. The molecule has 0 radical (unpaired) electrons. The summed E-state index contributed by atoms with van der Waals surface area (Å²) in [6.45, 7) is 8.82. The van der Waals surface area contributed by atoms with Crippen molar-refractivity contribution in [1.29, 1.82) is 0 Å². The molecule has 3 aromatic rings. The van der Waals surface area contributed by atoms with Gasteiger partial charge in [0, 0.05) is 11.9 Å². The van der Waals surface area contributed by atoms with Gasteiger partial charge >= 0.3 is 0 Å². The molecular formula is C25H26FN3O. The molecule has 0 atom stereocenters. The fourth-order valence-corrected chi connectivity index (χ4v) is 3.16. The lowest BCUT2D eigenvalue weighted by molar-refractivity contribution is 0.419. The molecule has 5 heteroatoms. The highest BCUT2D eigenvalue weighted by molar-refractivity contribution is 5.96. The number of aromatic nitrogens is 2. The van der Waals surface area contributed by atoms with E-state index < -0.39 is 0 Å². The third-order valence-corrected chi connectivity index (χ3v) is 4.67. The largest absolute Gasteiger partial charge is 0.494 e. The Morgan fingerprint density at radius 3 is 2.73 bits per heavy atom. The summed E-state index contributed by atoms with van der Waals surface area (Å²) in [5.41, 5.74) is 4.42. The maximum Gasteiger partial charge on any atom is 0.145 e. The van der Waals surface area contributed by atoms with Crippen LogP contribution in [0, 0.1) is 5.82 Å². The Labute approximate surface area is 176 Å². The number of nitrogens with one attached hydrogen (secondary N) is 1. The Kier molecular flexibility index (Phi) is 6.96. The van der Waals surface area contributed by atoms with Crippen LogP contribution in [-0.2, 0) is 0 Å². The summed E-state index contributed by atoms with van der Waals surface area (Å²) in [7, 11) is 1.60. The SMILES string of the molecule is C=C(/C=C\C(C)=C\CC)CNc1ncnc2c(OC)cc(-c3cccc(F)c3)cc12. The van der Waals surface area contributed by atoms with Crippen LogP contribution in [0.1, 0.15) is 20.3 Å². The topological polar surface area (TPSA) is 47.0 Å². The van der Waals surface area contributed by atoms with E-state index in [0.717, 1.165) is 28.5 Å². The molecule has 1 N–H and O–H groups in total. The maximum atomic E-state index is 13.7. The van der Waals surface area contributed by atoms with Gasteiger partial charge in [0.05, 0.1) is 7.11 Å². The Hall–Kier alpha value is -3.47. The maximum absolute atomic E-state index is 13.7. The quantitative estimate of drug-likeness (QED) is 0.447. The van der Waals surface area contributed by atoms with E-state index in [-0.39, 0.29) is 5.82 Å². The zero-order valence-corrected chi connectivity index (χ0v) is 17.6. The fraction of sp³-hybridized carbons (Fsp3) is 0.200. The van der Waals surface area contributed by atoms with Crippen molar-refractivity contribution in [2.24, 2.45) is 0 Å². The van der Waals surface area contributed by atoms with Crippen molar-refractivity contribution in [1.82, 2.24) is 9.97 Å². The van der Waals surface area contributed by atoms with Crippen LogP contribution >= 0.6 is 0 Å². The van der Waals surface area contributed by atoms with Gasteiger partial charge < -0.3 is 10.1 Å². The molecule has 0 saturated heterocycles. The monoisotopic (exact) mass is 403 g/mol. The van der Waals surface area contributed by atoms with Gasteiger partial charge in [0.2, 0.25) is 0 Å². The number of methoxy groups -OCH3 is 1. The molecule has 0 fully saturated rings. The van der Waals surface area contributed by atoms with Gasteiger partial charge in [-0.05, 0) is 54.3 Å². The van der Waals surface area contributed by atoms with Gasteiger partial charge in [0.15, 0.2) is 0 Å². The first-order chi connectivity index (χ1) is 14.5. The summed E-state index contributed by atoms with van der Waals surface area (Å²) in [6, 6.07) is 10.3. The molecule has 30 heavy (non-hydrogen) atoms. The molecule has 3 rings (SSSR count). The van der Waals surface area contributed by atoms with E-state index >= 15 is 0 Å². The third-order valence-electron chi connectivity index (χ3n) is 4.67. The van der Waals surface area contributed by atoms with E-state index in [1.807, 2.05) is 24.3 Å². The third kappa shape index (κ3) is 5.11. The van der Waals surface area contributed by atoms with E-state index in [4.69, 9.17) is 4.74 Å². The Morgan fingerprint density at radius 2 is 2.00 bits per heavy atom. The van der Waals surface area contributed by atoms with Crippen molar-refractivity contribution in [3.63, 3.8) is 0 Å². The standard InChI is InChI=1S/C25H26FN3O/c1-5-7-17(2)10-11-18(3)15-27-25-22-13-20(19-8-6-9-21(26)12-19)14-23(30-4)24(22)28-16-29-25/h6-14,16H,3,5,15H2,1-2,4H3,(H,27,28,29)/b11-10-,17-7+. The van der Waals surface area contributed by atoms with E-state index in [2.05, 4.69) is 47.9 Å². The van der Waals surface area contributed by atoms with E-state index in [1.54, 1.807) is 13.2 Å². The van der Waals surface area contributed by atoms with Crippen LogP contribution in [0.5, 0.6) is 5.75 Å². The summed E-state index contributed by atoms with van der Waals surface area (Å²) < 4.78 is 19.3. The normalized spacial score (nSPS) is 11.8. The fourth-order valence-electron chi connectivity index (χ4n) is 3.16. The van der Waals surface area contributed by atoms with Gasteiger partial charge in [0.25, 0.3) is 0 Å². The van der Waals surface area contributed by atoms with Crippen LogP contribution in [0.15, 0.2) is 78.7 Å². The van der Waals surface area contributed by atoms with Crippen molar-refractivity contribution >= 4 is 16.7 Å². The van der Waals surface area contributed by atoms with Crippen molar-refractivity contribution in [2.75, 3.05) is 19.0 Å². The molecule has 4 nitrogen and oxygen atoms in total. The zero-order valence-electron chi connectivity index (χ0n) is 17.6. The predicted octanol–water partition coefficient (Wildman–Crippen LogP) is 6.33. The number of nitrogens with zero attached hydrogens (tertiary/aromatic N) is 2. The predicted molar refractivity (Wildman–Crippen MR) is 122 cm³/mol. The number of benzene rings is 2. The van der Waals surface area contributed by atoms with Gasteiger partial charge in [-0.2, -0.15) is 0 Å². The number of halogens is 1. The average Bonchev–Trinajstić information content (AvgIpc) is 2.75. The van der Waals surface area contributed by atoms with Crippen LogP contribution in [0.4, 0.5) is 10.2 Å². The van der Waals surface area contributed by atoms with Crippen LogP contribution in [-0.4, -0.2) is 23.6 Å². The first-order valence-electron chi connectivity index (χ1n) is 9.87. The molecule has 0 bridgehead atoms. The van der Waals surface area contributed by atoms with Crippen LogP contribution in [0.2, 0.25) is 0 Å². The highest BCUT2D eigenvalue weighted by atomic mass is 19.1. The molecule has 1 heterocycles. The number of anilines is 1. The van der Waals surface area contributed by atoms with Crippen molar-refractivity contribution in [3.8, 4) is 16.9 Å². The number of fused-ring (bicyclic) bond motifs is 1. The lowest BCUT2D eigenvalue weighted by Gasteiger charge is -2.13. The minimum absolute atomic E-state index is 0.287. The van der Waals surface area contributed by atoms with Crippen LogP contribution in [0.3, 0.4) is 0 Å². The molecule has 0 saturated carbocycles. The van der Waals surface area contributed by atoms with Crippen molar-refractivity contribution in [3.05, 3.63) is 84.5 Å². The van der Waals surface area contributed by atoms with Gasteiger partial charge in [-0.25, -0.2) is 14.4 Å². The highest BCUT2D eigenvalue weighted by Gasteiger charge is 2.12. The molecule has 2 aromatic carbocycles. The summed E-state index contributed by atoms with van der Waals surface area (Å²) in [6.07, 6.45) is 8.72. The Bertz CT molecular complexity index is 1120.